The zero-order valence-corrected chi connectivity index (χ0v) is 13.8. The van der Waals surface area contributed by atoms with Crippen LogP contribution in [0.4, 0.5) is 0 Å². The molecule has 0 aliphatic carbocycles. The van der Waals surface area contributed by atoms with Crippen molar-refractivity contribution in [1.82, 2.24) is 0 Å². The average molecular weight is 281 g/mol. The largest absolute Gasteiger partial charge is 0.150 e. The van der Waals surface area contributed by atoms with Crippen LogP contribution in [0.5, 0.6) is 0 Å². The van der Waals surface area contributed by atoms with Crippen LogP contribution in [0.1, 0.15) is 97.3 Å². The van der Waals surface area contributed by atoms with Gasteiger partial charge >= 0.3 is 0 Å². The Hall–Kier alpha value is -0.660. The van der Waals surface area contributed by atoms with Crippen molar-refractivity contribution >= 4 is 0 Å². The summed E-state index contributed by atoms with van der Waals surface area (Å²) in [6, 6.07) is 0. The van der Waals surface area contributed by atoms with Crippen molar-refractivity contribution in [2.45, 2.75) is 97.3 Å². The summed E-state index contributed by atoms with van der Waals surface area (Å²) >= 11 is 0. The van der Waals surface area contributed by atoms with Crippen molar-refractivity contribution < 1.29 is 0 Å². The van der Waals surface area contributed by atoms with Gasteiger partial charge in [0.25, 0.3) is 0 Å². The second-order valence-electron chi connectivity index (χ2n) is 5.87. The van der Waals surface area contributed by atoms with Gasteiger partial charge in [-0.15, -0.1) is 0 Å². The Morgan fingerprint density at radius 2 is 1.35 bits per heavy atom. The van der Waals surface area contributed by atoms with E-state index in [4.69, 9.17) is 0 Å². The molecule has 0 spiro atoms. The molecule has 2 heteroatoms. The molecule has 0 N–H and O–H groups in total. The summed E-state index contributed by atoms with van der Waals surface area (Å²) in [5.74, 6) is 0. The molecule has 0 saturated heterocycles. The van der Waals surface area contributed by atoms with Crippen LogP contribution in [0.15, 0.2) is 16.8 Å². The van der Waals surface area contributed by atoms with Crippen LogP contribution in [0, 0.1) is 4.91 Å². The molecule has 0 radical (unpaired) electrons. The number of hydrogen-bond donors (Lipinski definition) is 0. The fourth-order valence-electron chi connectivity index (χ4n) is 2.52. The molecule has 0 atom stereocenters. The number of allylic oxidation sites excluding steroid dienone is 1. The molecule has 2 nitrogen and oxygen atoms in total. The smallest absolute Gasteiger partial charge is 0.102 e. The molecular weight excluding hydrogens is 246 g/mol. The van der Waals surface area contributed by atoms with Crippen molar-refractivity contribution in [3.8, 4) is 0 Å². The minimum atomic E-state index is 0.406. The van der Waals surface area contributed by atoms with E-state index in [1.165, 1.54) is 76.2 Å². The van der Waals surface area contributed by atoms with Gasteiger partial charge in [0, 0.05) is 0 Å². The second kappa shape index (κ2) is 16.4. The highest BCUT2D eigenvalue weighted by atomic mass is 16.3. The first-order valence-corrected chi connectivity index (χ1v) is 8.82. The van der Waals surface area contributed by atoms with Crippen LogP contribution < -0.4 is 0 Å². The van der Waals surface area contributed by atoms with Crippen LogP contribution in [-0.4, -0.2) is 6.54 Å². The zero-order chi connectivity index (χ0) is 14.9. The minimum absolute atomic E-state index is 0.406. The van der Waals surface area contributed by atoms with E-state index in [1.807, 2.05) is 0 Å². The molecule has 0 fully saturated rings. The Kier molecular flexibility index (Phi) is 15.9. The lowest BCUT2D eigenvalue weighted by atomic mass is 10.0. The molecule has 0 unspecified atom stereocenters. The van der Waals surface area contributed by atoms with Gasteiger partial charge < -0.3 is 0 Å². The molecule has 0 bridgehead atoms. The fourth-order valence-corrected chi connectivity index (χ4v) is 2.52. The van der Waals surface area contributed by atoms with Crippen LogP contribution in [0.3, 0.4) is 0 Å². The van der Waals surface area contributed by atoms with Gasteiger partial charge in [-0.2, -0.15) is 4.91 Å². The highest BCUT2D eigenvalue weighted by Crippen LogP contribution is 2.14. The van der Waals surface area contributed by atoms with Gasteiger partial charge in [0.1, 0.15) is 6.54 Å². The number of nitrogens with zero attached hydrogens (tertiary/aromatic N) is 1. The molecule has 0 aliphatic rings. The summed E-state index contributed by atoms with van der Waals surface area (Å²) < 4.78 is 0. The molecule has 118 valence electrons. The van der Waals surface area contributed by atoms with Crippen molar-refractivity contribution in [3.63, 3.8) is 0 Å². The first kappa shape index (κ1) is 19.3. The standard InChI is InChI=1S/C18H35NO/c1-3-5-7-9-10-12-14-16-18(17-19-20)15-13-11-8-6-4-2/h16H,3-15,17H2,1-2H3. The van der Waals surface area contributed by atoms with E-state index in [-0.39, 0.29) is 0 Å². The van der Waals surface area contributed by atoms with Crippen LogP contribution in [0.2, 0.25) is 0 Å². The maximum Gasteiger partial charge on any atom is 0.102 e. The SMILES string of the molecule is CCCCCCCCC=C(CCCCCCC)CN=O. The van der Waals surface area contributed by atoms with Crippen LogP contribution in [0.25, 0.3) is 0 Å². The fraction of sp³-hybridized carbons (Fsp3) is 0.889. The lowest BCUT2D eigenvalue weighted by molar-refractivity contribution is 0.607. The highest BCUT2D eigenvalue weighted by Gasteiger charge is 1.98. The maximum absolute atomic E-state index is 10.5. The van der Waals surface area contributed by atoms with Gasteiger partial charge in [-0.05, 0) is 31.3 Å². The van der Waals surface area contributed by atoms with E-state index < -0.39 is 0 Å². The number of rotatable bonds is 15. The van der Waals surface area contributed by atoms with Crippen molar-refractivity contribution in [2.24, 2.45) is 5.18 Å². The Bertz CT molecular complexity index is 236. The molecule has 0 heterocycles. The first-order chi connectivity index (χ1) is 9.85. The minimum Gasteiger partial charge on any atom is -0.150 e. The topological polar surface area (TPSA) is 29.4 Å². The Morgan fingerprint density at radius 3 is 1.95 bits per heavy atom. The Labute approximate surface area is 126 Å². The molecule has 0 aromatic heterocycles. The van der Waals surface area contributed by atoms with Gasteiger partial charge in [-0.3, -0.25) is 0 Å². The summed E-state index contributed by atoms with van der Waals surface area (Å²) in [5, 5.41) is 3.07. The molecule has 0 amide bonds. The first-order valence-electron chi connectivity index (χ1n) is 8.82. The van der Waals surface area contributed by atoms with E-state index >= 15 is 0 Å². The van der Waals surface area contributed by atoms with E-state index in [9.17, 15) is 4.91 Å². The van der Waals surface area contributed by atoms with Crippen LogP contribution >= 0.6 is 0 Å². The van der Waals surface area contributed by atoms with Gasteiger partial charge in [0.05, 0.1) is 0 Å². The maximum atomic E-state index is 10.5. The Morgan fingerprint density at radius 1 is 0.800 bits per heavy atom. The molecule has 0 aliphatic heterocycles. The van der Waals surface area contributed by atoms with E-state index in [0.29, 0.717) is 6.54 Å². The Balaban J connectivity index is 3.64. The van der Waals surface area contributed by atoms with Crippen molar-refractivity contribution in [1.29, 1.82) is 0 Å². The number of nitroso groups, excluding NO2 is 1. The lowest BCUT2D eigenvalue weighted by Gasteiger charge is -2.04. The molecule has 0 saturated carbocycles. The third kappa shape index (κ3) is 13.8. The predicted octanol–water partition coefficient (Wildman–Crippen LogP) is 6.79. The summed E-state index contributed by atoms with van der Waals surface area (Å²) in [4.78, 5) is 10.5. The third-order valence-electron chi connectivity index (χ3n) is 3.86. The van der Waals surface area contributed by atoms with E-state index in [0.717, 1.165) is 12.8 Å². The monoisotopic (exact) mass is 281 g/mol. The molecule has 20 heavy (non-hydrogen) atoms. The lowest BCUT2D eigenvalue weighted by Crippen LogP contribution is -1.90. The molecular formula is C18H35NO. The number of unbranched alkanes of at least 4 members (excludes halogenated alkanes) is 10. The van der Waals surface area contributed by atoms with Crippen molar-refractivity contribution in [2.75, 3.05) is 6.54 Å². The summed E-state index contributed by atoms with van der Waals surface area (Å²) in [6.07, 6.45) is 19.0. The van der Waals surface area contributed by atoms with Gasteiger partial charge in [0.2, 0.25) is 0 Å². The highest BCUT2D eigenvalue weighted by molar-refractivity contribution is 5.04. The van der Waals surface area contributed by atoms with Gasteiger partial charge in [-0.25, -0.2) is 0 Å². The van der Waals surface area contributed by atoms with Crippen LogP contribution in [-0.2, 0) is 0 Å². The summed E-state index contributed by atoms with van der Waals surface area (Å²) in [5.41, 5.74) is 1.27. The van der Waals surface area contributed by atoms with Gasteiger partial charge in [-0.1, -0.05) is 82.9 Å². The van der Waals surface area contributed by atoms with E-state index in [1.54, 1.807) is 0 Å². The average Bonchev–Trinajstić information content (AvgIpc) is 2.46. The van der Waals surface area contributed by atoms with Crippen molar-refractivity contribution in [3.05, 3.63) is 16.6 Å². The number of hydrogen-bond acceptors (Lipinski definition) is 2. The van der Waals surface area contributed by atoms with E-state index in [2.05, 4.69) is 25.1 Å². The van der Waals surface area contributed by atoms with Gasteiger partial charge in [0.15, 0.2) is 0 Å². The quantitative estimate of drug-likeness (QED) is 0.184. The normalized spacial score (nSPS) is 11.8. The molecule has 0 aromatic rings. The molecule has 0 aromatic carbocycles. The summed E-state index contributed by atoms with van der Waals surface area (Å²) in [6.45, 7) is 4.90. The third-order valence-corrected chi connectivity index (χ3v) is 3.86. The second-order valence-corrected chi connectivity index (χ2v) is 5.87. The predicted molar refractivity (Wildman–Crippen MR) is 90.1 cm³/mol. The zero-order valence-electron chi connectivity index (χ0n) is 13.8. The summed E-state index contributed by atoms with van der Waals surface area (Å²) in [7, 11) is 0. The molecule has 0 rings (SSSR count).